The van der Waals surface area contributed by atoms with Gasteiger partial charge in [0.1, 0.15) is 11.7 Å². The van der Waals surface area contributed by atoms with Gasteiger partial charge in [-0.1, -0.05) is 18.2 Å². The number of hydrogen-bond donors (Lipinski definition) is 4. The summed E-state index contributed by atoms with van der Waals surface area (Å²) in [5.41, 5.74) is 4.48. The molecule has 1 atom stereocenters. The summed E-state index contributed by atoms with van der Waals surface area (Å²) in [7, 11) is 1.86. The topological polar surface area (TPSA) is 199 Å². The molecule has 4 aliphatic heterocycles. The lowest BCUT2D eigenvalue weighted by Gasteiger charge is -2.36. The Labute approximate surface area is 327 Å². The molecular weight excluding hydrogens is 733 g/mol. The fourth-order valence-electron chi connectivity index (χ4n) is 7.48. The first kappa shape index (κ1) is 37.1. The Morgan fingerprint density at radius 2 is 1.65 bits per heavy atom. The number of imide groups is 2. The second-order valence-electron chi connectivity index (χ2n) is 14.0. The monoisotopic (exact) mass is 772 g/mol. The summed E-state index contributed by atoms with van der Waals surface area (Å²) in [6.07, 6.45) is 1.96. The maximum absolute atomic E-state index is 13.3. The predicted molar refractivity (Wildman–Crippen MR) is 210 cm³/mol. The third kappa shape index (κ3) is 7.43. The lowest BCUT2D eigenvalue weighted by Crippen LogP contribution is -2.54. The molecule has 1 aromatic heterocycles. The Balaban J connectivity index is 0.766. The van der Waals surface area contributed by atoms with Crippen molar-refractivity contribution in [3.05, 3.63) is 89.6 Å². The van der Waals surface area contributed by atoms with Crippen LogP contribution in [0.2, 0.25) is 0 Å². The number of para-hydroxylation sites is 1. The molecule has 6 amide bonds. The Morgan fingerprint density at radius 1 is 0.877 bits per heavy atom. The third-order valence-electron chi connectivity index (χ3n) is 10.5. The Kier molecular flexibility index (Phi) is 10.2. The number of nitrogens with one attached hydrogen (secondary N) is 4. The zero-order chi connectivity index (χ0) is 39.6. The van der Waals surface area contributed by atoms with Crippen molar-refractivity contribution in [2.75, 3.05) is 78.7 Å². The summed E-state index contributed by atoms with van der Waals surface area (Å²) < 4.78 is 5.72. The zero-order valence-electron chi connectivity index (χ0n) is 31.1. The van der Waals surface area contributed by atoms with Crippen LogP contribution in [0.1, 0.15) is 50.3 Å². The molecule has 17 heteroatoms. The summed E-state index contributed by atoms with van der Waals surface area (Å²) in [5, 5.41) is 11.5. The predicted octanol–water partition coefficient (Wildman–Crippen LogP) is 3.12. The molecule has 2 saturated heterocycles. The number of nitrogens with zero attached hydrogens (tertiary/aromatic N) is 6. The second kappa shape index (κ2) is 15.7. The molecule has 4 N–H and O–H groups in total. The molecular formula is C40H40N10O7. The van der Waals surface area contributed by atoms with Crippen LogP contribution in [0.15, 0.2) is 72.9 Å². The summed E-state index contributed by atoms with van der Waals surface area (Å²) in [6, 6.07) is 19.1. The minimum absolute atomic E-state index is 0.00939. The number of hydrogen-bond acceptors (Lipinski definition) is 13. The van der Waals surface area contributed by atoms with Crippen molar-refractivity contribution in [2.24, 2.45) is 0 Å². The van der Waals surface area contributed by atoms with Crippen molar-refractivity contribution < 1.29 is 33.5 Å². The van der Waals surface area contributed by atoms with Crippen LogP contribution in [0, 0.1) is 0 Å². The van der Waals surface area contributed by atoms with E-state index < -0.39 is 29.7 Å². The van der Waals surface area contributed by atoms with E-state index in [0.717, 1.165) is 22.0 Å². The molecule has 57 heavy (non-hydrogen) atoms. The third-order valence-corrected chi connectivity index (χ3v) is 10.5. The zero-order valence-corrected chi connectivity index (χ0v) is 31.1. The highest BCUT2D eigenvalue weighted by molar-refractivity contribution is 6.25. The normalized spacial score (nSPS) is 17.7. The van der Waals surface area contributed by atoms with Gasteiger partial charge in [-0.2, -0.15) is 4.98 Å². The molecule has 292 valence electrons. The highest BCUT2D eigenvalue weighted by atomic mass is 16.5. The molecule has 4 aromatic rings. The van der Waals surface area contributed by atoms with Crippen LogP contribution in [-0.4, -0.2) is 114 Å². The van der Waals surface area contributed by atoms with Crippen molar-refractivity contribution in [1.82, 2.24) is 25.1 Å². The number of benzene rings is 3. The first-order valence-electron chi connectivity index (χ1n) is 18.7. The number of rotatable bonds is 11. The lowest BCUT2D eigenvalue weighted by atomic mass is 10.0. The van der Waals surface area contributed by atoms with Crippen molar-refractivity contribution in [2.45, 2.75) is 25.3 Å². The lowest BCUT2D eigenvalue weighted by molar-refractivity contribution is -0.136. The van der Waals surface area contributed by atoms with Gasteiger partial charge in [-0.15, -0.1) is 0 Å². The average Bonchev–Trinajstić information content (AvgIpc) is 3.42. The van der Waals surface area contributed by atoms with Gasteiger partial charge in [0.25, 0.3) is 17.7 Å². The van der Waals surface area contributed by atoms with E-state index in [1.807, 2.05) is 59.3 Å². The second-order valence-corrected chi connectivity index (χ2v) is 14.0. The smallest absolute Gasteiger partial charge is 0.264 e. The first-order chi connectivity index (χ1) is 27.7. The highest BCUT2D eigenvalue weighted by Gasteiger charge is 2.45. The minimum Gasteiger partial charge on any atom is -0.382 e. The molecule has 0 bridgehead atoms. The number of carbonyl (C=O) groups is 6. The maximum Gasteiger partial charge on any atom is 0.264 e. The Bertz CT molecular complexity index is 2270. The van der Waals surface area contributed by atoms with Crippen molar-refractivity contribution in [1.29, 1.82) is 0 Å². The van der Waals surface area contributed by atoms with Gasteiger partial charge in [-0.25, -0.2) is 4.98 Å². The first-order valence-corrected chi connectivity index (χ1v) is 18.7. The number of aromatic nitrogens is 2. The maximum atomic E-state index is 13.3. The molecule has 0 spiro atoms. The van der Waals surface area contributed by atoms with E-state index in [-0.39, 0.29) is 55.4 Å². The SMILES string of the molecule is CN1c2ccccc2C(=O)Nc2cnc(Nc3ccc(N4CCN(C(=O)CCOCCNc5cccc6c5C(=O)N(C5CCC(=O)NC5=O)C6=O)CC4)cc3)nc21. The van der Waals surface area contributed by atoms with Gasteiger partial charge in [-0.05, 0) is 55.0 Å². The molecule has 8 rings (SSSR count). The number of amides is 6. The summed E-state index contributed by atoms with van der Waals surface area (Å²) in [4.78, 5) is 92.0. The van der Waals surface area contributed by atoms with Crippen LogP contribution in [0.25, 0.3) is 0 Å². The number of carbonyl (C=O) groups excluding carboxylic acids is 6. The van der Waals surface area contributed by atoms with Crippen LogP contribution in [0.4, 0.5) is 40.2 Å². The van der Waals surface area contributed by atoms with Crippen molar-refractivity contribution in [3.8, 4) is 0 Å². The summed E-state index contributed by atoms with van der Waals surface area (Å²) in [6.45, 7) is 3.34. The molecule has 2 fully saturated rings. The molecule has 4 aliphatic rings. The van der Waals surface area contributed by atoms with E-state index in [1.165, 1.54) is 0 Å². The molecule has 1 unspecified atom stereocenters. The Hall–Kier alpha value is -6.88. The number of anilines is 7. The van der Waals surface area contributed by atoms with Crippen LogP contribution >= 0.6 is 0 Å². The van der Waals surface area contributed by atoms with E-state index in [4.69, 9.17) is 9.72 Å². The standard InChI is InChI=1S/C40H40N10O7/c1-47-30-8-3-2-5-26(30)36(53)44-29-23-42-40(46-35(29)47)43-24-9-11-25(12-10-24)48-17-19-49(20-18-48)33(52)15-21-57-22-16-41-28-7-4-6-27-34(28)39(56)50(38(27)55)31-13-14-32(51)45-37(31)54/h2-12,23,31,41H,13-22H2,1H3,(H,44,53)(H,42,43,46)(H,45,51,54). The Morgan fingerprint density at radius 3 is 2.44 bits per heavy atom. The highest BCUT2D eigenvalue weighted by Crippen LogP contribution is 2.36. The molecule has 0 radical (unpaired) electrons. The van der Waals surface area contributed by atoms with Gasteiger partial charge < -0.3 is 35.4 Å². The number of fused-ring (bicyclic) bond motifs is 3. The van der Waals surface area contributed by atoms with E-state index in [1.54, 1.807) is 30.5 Å². The van der Waals surface area contributed by atoms with Gasteiger partial charge in [0.05, 0.1) is 48.2 Å². The molecule has 0 aliphatic carbocycles. The van der Waals surface area contributed by atoms with E-state index >= 15 is 0 Å². The van der Waals surface area contributed by atoms with E-state index in [9.17, 15) is 28.8 Å². The number of ether oxygens (including phenoxy) is 1. The minimum atomic E-state index is -1.04. The van der Waals surface area contributed by atoms with Gasteiger partial charge in [-0.3, -0.25) is 39.0 Å². The van der Waals surface area contributed by atoms with E-state index in [0.29, 0.717) is 61.4 Å². The molecule has 17 nitrogen and oxygen atoms in total. The van der Waals surface area contributed by atoms with E-state index in [2.05, 4.69) is 31.2 Å². The fourth-order valence-corrected chi connectivity index (χ4v) is 7.48. The number of piperazine rings is 1. The molecule has 5 heterocycles. The molecule has 0 saturated carbocycles. The van der Waals surface area contributed by atoms with Crippen LogP contribution < -0.4 is 31.1 Å². The van der Waals surface area contributed by atoms with Gasteiger partial charge in [0, 0.05) is 63.3 Å². The van der Waals surface area contributed by atoms with Crippen LogP contribution in [0.3, 0.4) is 0 Å². The number of piperidine rings is 1. The summed E-state index contributed by atoms with van der Waals surface area (Å²) >= 11 is 0. The van der Waals surface area contributed by atoms with Crippen molar-refractivity contribution >= 4 is 75.6 Å². The fraction of sp³-hybridized carbons (Fsp3) is 0.300. The average molecular weight is 773 g/mol. The van der Waals surface area contributed by atoms with Crippen LogP contribution in [-0.2, 0) is 19.1 Å². The van der Waals surface area contributed by atoms with Gasteiger partial charge in [0.2, 0.25) is 23.7 Å². The van der Waals surface area contributed by atoms with Crippen molar-refractivity contribution in [3.63, 3.8) is 0 Å². The summed E-state index contributed by atoms with van der Waals surface area (Å²) in [5.74, 6) is -1.48. The molecule has 3 aromatic carbocycles. The largest absolute Gasteiger partial charge is 0.382 e. The van der Waals surface area contributed by atoms with Crippen LogP contribution in [0.5, 0.6) is 0 Å². The van der Waals surface area contributed by atoms with Gasteiger partial charge >= 0.3 is 0 Å². The quantitative estimate of drug-likeness (QED) is 0.128. The van der Waals surface area contributed by atoms with Gasteiger partial charge in [0.15, 0.2) is 5.82 Å².